The Morgan fingerprint density at radius 2 is 1.87 bits per heavy atom. The Morgan fingerprint density at radius 1 is 1.27 bits per heavy atom. The molecule has 0 aromatic carbocycles. The molecule has 0 amide bonds. The van der Waals surface area contributed by atoms with Gasteiger partial charge < -0.3 is 9.80 Å². The molecule has 1 fully saturated rings. The highest BCUT2D eigenvalue weighted by Crippen LogP contribution is 2.15. The zero-order valence-corrected chi connectivity index (χ0v) is 11.0. The number of nitrogens with zero attached hydrogens (tertiary/aromatic N) is 2. The molecule has 0 atom stereocenters. The maximum Gasteiger partial charge on any atom is 0.00355 e. The highest BCUT2D eigenvalue weighted by molar-refractivity contribution is 4.69. The normalized spacial score (nSPS) is 20.4. The largest absolute Gasteiger partial charge is 0.304 e. The molecule has 1 aliphatic heterocycles. The Kier molecular flexibility index (Phi) is 5.62. The van der Waals surface area contributed by atoms with Crippen LogP contribution in [0, 0.1) is 5.92 Å². The van der Waals surface area contributed by atoms with Gasteiger partial charge in [0, 0.05) is 6.04 Å². The summed E-state index contributed by atoms with van der Waals surface area (Å²) >= 11 is 0. The zero-order chi connectivity index (χ0) is 11.3. The van der Waals surface area contributed by atoms with Crippen molar-refractivity contribution in [2.24, 2.45) is 5.92 Å². The first-order valence-corrected chi connectivity index (χ1v) is 6.52. The molecule has 0 saturated carbocycles. The molecule has 0 radical (unpaired) electrons. The first-order valence-electron chi connectivity index (χ1n) is 6.52. The Bertz CT molecular complexity index is 160. The predicted molar refractivity (Wildman–Crippen MR) is 67.2 cm³/mol. The van der Waals surface area contributed by atoms with Crippen LogP contribution in [0.25, 0.3) is 0 Å². The minimum atomic E-state index is 0.686. The summed E-state index contributed by atoms with van der Waals surface area (Å²) in [5.41, 5.74) is 0. The van der Waals surface area contributed by atoms with Crippen molar-refractivity contribution >= 4 is 0 Å². The van der Waals surface area contributed by atoms with Crippen LogP contribution >= 0.6 is 0 Å². The Labute approximate surface area is 95.6 Å². The maximum atomic E-state index is 2.63. The molecule has 1 heterocycles. The fourth-order valence-electron chi connectivity index (χ4n) is 2.09. The van der Waals surface area contributed by atoms with E-state index in [1.54, 1.807) is 0 Å². The van der Waals surface area contributed by atoms with Crippen LogP contribution in [0.1, 0.15) is 40.0 Å². The van der Waals surface area contributed by atoms with Crippen LogP contribution in [-0.4, -0.2) is 49.1 Å². The molecular weight excluding hydrogens is 184 g/mol. The fraction of sp³-hybridized carbons (Fsp3) is 1.00. The molecule has 1 saturated heterocycles. The van der Waals surface area contributed by atoms with Gasteiger partial charge >= 0.3 is 0 Å². The molecule has 0 N–H and O–H groups in total. The summed E-state index contributed by atoms with van der Waals surface area (Å²) in [6.45, 7) is 12.1. The Balaban J connectivity index is 2.05. The van der Waals surface area contributed by atoms with E-state index in [2.05, 4.69) is 37.6 Å². The van der Waals surface area contributed by atoms with Crippen molar-refractivity contribution in [3.8, 4) is 0 Å². The first kappa shape index (κ1) is 13.0. The number of hydrogen-bond acceptors (Lipinski definition) is 2. The van der Waals surface area contributed by atoms with Crippen LogP contribution in [0.3, 0.4) is 0 Å². The summed E-state index contributed by atoms with van der Waals surface area (Å²) in [6, 6.07) is 0.686. The highest BCUT2D eigenvalue weighted by Gasteiger charge is 2.15. The topological polar surface area (TPSA) is 6.48 Å². The molecule has 0 spiro atoms. The van der Waals surface area contributed by atoms with Gasteiger partial charge in [-0.05, 0) is 72.3 Å². The van der Waals surface area contributed by atoms with Crippen LogP contribution in [0.5, 0.6) is 0 Å². The van der Waals surface area contributed by atoms with Crippen molar-refractivity contribution in [1.29, 1.82) is 0 Å². The molecule has 15 heavy (non-hydrogen) atoms. The molecular formula is C13H28N2. The van der Waals surface area contributed by atoms with Gasteiger partial charge in [-0.2, -0.15) is 0 Å². The van der Waals surface area contributed by atoms with Crippen molar-refractivity contribution in [2.75, 3.05) is 33.2 Å². The van der Waals surface area contributed by atoms with E-state index < -0.39 is 0 Å². The van der Waals surface area contributed by atoms with E-state index in [4.69, 9.17) is 0 Å². The summed E-state index contributed by atoms with van der Waals surface area (Å²) in [5.74, 6) is 0.958. The molecule has 0 bridgehead atoms. The zero-order valence-electron chi connectivity index (χ0n) is 11.0. The molecule has 2 nitrogen and oxygen atoms in total. The average Bonchev–Trinajstić information content (AvgIpc) is 2.20. The summed E-state index contributed by atoms with van der Waals surface area (Å²) < 4.78 is 0. The number of rotatable bonds is 5. The van der Waals surface area contributed by atoms with E-state index in [1.807, 2.05) is 0 Å². The summed E-state index contributed by atoms with van der Waals surface area (Å²) in [5, 5.41) is 0. The third kappa shape index (κ3) is 4.98. The van der Waals surface area contributed by atoms with Gasteiger partial charge in [0.05, 0.1) is 0 Å². The molecule has 0 aromatic heterocycles. The monoisotopic (exact) mass is 212 g/mol. The highest BCUT2D eigenvalue weighted by atomic mass is 15.1. The lowest BCUT2D eigenvalue weighted by Crippen LogP contribution is -2.36. The lowest BCUT2D eigenvalue weighted by Gasteiger charge is -2.31. The fourth-order valence-corrected chi connectivity index (χ4v) is 2.09. The Hall–Kier alpha value is -0.0800. The van der Waals surface area contributed by atoms with Crippen molar-refractivity contribution < 1.29 is 0 Å². The van der Waals surface area contributed by atoms with Crippen LogP contribution in [-0.2, 0) is 0 Å². The second-order valence-electron chi connectivity index (χ2n) is 5.45. The minimum absolute atomic E-state index is 0.686. The Morgan fingerprint density at radius 3 is 2.40 bits per heavy atom. The molecule has 0 unspecified atom stereocenters. The average molecular weight is 212 g/mol. The van der Waals surface area contributed by atoms with E-state index in [0.29, 0.717) is 6.04 Å². The van der Waals surface area contributed by atoms with Gasteiger partial charge in [-0.1, -0.05) is 6.92 Å². The maximum absolute atomic E-state index is 2.63. The van der Waals surface area contributed by atoms with Crippen molar-refractivity contribution in [3.05, 3.63) is 0 Å². The third-order valence-electron chi connectivity index (χ3n) is 3.74. The van der Waals surface area contributed by atoms with Gasteiger partial charge in [0.25, 0.3) is 0 Å². The van der Waals surface area contributed by atoms with Crippen LogP contribution < -0.4 is 0 Å². The van der Waals surface area contributed by atoms with Gasteiger partial charge in [0.1, 0.15) is 0 Å². The van der Waals surface area contributed by atoms with E-state index >= 15 is 0 Å². The van der Waals surface area contributed by atoms with E-state index in [9.17, 15) is 0 Å². The first-order chi connectivity index (χ1) is 7.09. The molecule has 2 heteroatoms. The quantitative estimate of drug-likeness (QED) is 0.691. The SMILES string of the molecule is CC1CCN(CCCN(C)C(C)C)CC1. The van der Waals surface area contributed by atoms with Gasteiger partial charge in [-0.15, -0.1) is 0 Å². The lowest BCUT2D eigenvalue weighted by atomic mass is 9.99. The van der Waals surface area contributed by atoms with Crippen LogP contribution in [0.2, 0.25) is 0 Å². The van der Waals surface area contributed by atoms with E-state index in [1.165, 1.54) is 45.4 Å². The molecule has 1 aliphatic rings. The standard InChI is InChI=1S/C13H28N2/c1-12(2)14(4)8-5-9-15-10-6-13(3)7-11-15/h12-13H,5-11H2,1-4H3. The van der Waals surface area contributed by atoms with Gasteiger partial charge in [0.2, 0.25) is 0 Å². The van der Waals surface area contributed by atoms with E-state index in [-0.39, 0.29) is 0 Å². The van der Waals surface area contributed by atoms with E-state index in [0.717, 1.165) is 5.92 Å². The van der Waals surface area contributed by atoms with Gasteiger partial charge in [-0.3, -0.25) is 0 Å². The number of likely N-dealkylation sites (tertiary alicyclic amines) is 1. The number of piperidine rings is 1. The lowest BCUT2D eigenvalue weighted by molar-refractivity contribution is 0.177. The molecule has 1 rings (SSSR count). The van der Waals surface area contributed by atoms with Gasteiger partial charge in [-0.25, -0.2) is 0 Å². The van der Waals surface area contributed by atoms with Crippen molar-refractivity contribution in [3.63, 3.8) is 0 Å². The summed E-state index contributed by atoms with van der Waals surface area (Å²) in [6.07, 6.45) is 4.13. The minimum Gasteiger partial charge on any atom is -0.304 e. The van der Waals surface area contributed by atoms with Gasteiger partial charge in [0.15, 0.2) is 0 Å². The second kappa shape index (κ2) is 6.49. The molecule has 0 aliphatic carbocycles. The smallest absolute Gasteiger partial charge is 0.00355 e. The third-order valence-corrected chi connectivity index (χ3v) is 3.74. The van der Waals surface area contributed by atoms with Crippen LogP contribution in [0.4, 0.5) is 0 Å². The summed E-state index contributed by atoms with van der Waals surface area (Å²) in [4.78, 5) is 5.07. The predicted octanol–water partition coefficient (Wildman–Crippen LogP) is 2.45. The van der Waals surface area contributed by atoms with Crippen molar-refractivity contribution in [1.82, 2.24) is 9.80 Å². The van der Waals surface area contributed by atoms with Crippen molar-refractivity contribution in [2.45, 2.75) is 46.1 Å². The second-order valence-corrected chi connectivity index (χ2v) is 5.45. The van der Waals surface area contributed by atoms with Crippen LogP contribution in [0.15, 0.2) is 0 Å². The molecule has 0 aromatic rings. The molecule has 90 valence electrons. The summed E-state index contributed by atoms with van der Waals surface area (Å²) in [7, 11) is 2.23. The number of hydrogen-bond donors (Lipinski definition) is 0.